The van der Waals surface area contributed by atoms with Crippen LogP contribution < -0.4 is 22.1 Å². The van der Waals surface area contributed by atoms with Crippen LogP contribution in [0.1, 0.15) is 68.2 Å². The van der Waals surface area contributed by atoms with Crippen molar-refractivity contribution in [1.29, 1.82) is 0 Å². The first-order chi connectivity index (χ1) is 12.7. The molecule has 0 aromatic rings. The molecule has 8 N–H and O–H groups in total. The van der Waals surface area contributed by atoms with Gasteiger partial charge in [0.25, 0.3) is 0 Å². The molecule has 2 unspecified atom stereocenters. The van der Waals surface area contributed by atoms with Crippen molar-refractivity contribution in [3.05, 3.63) is 0 Å². The van der Waals surface area contributed by atoms with Crippen molar-refractivity contribution in [2.45, 2.75) is 97.8 Å². The van der Waals surface area contributed by atoms with Crippen molar-refractivity contribution in [3.8, 4) is 0 Å². The highest BCUT2D eigenvalue weighted by Crippen LogP contribution is 2.36. The molecule has 0 spiro atoms. The first-order valence-electron chi connectivity index (χ1n) is 10.6. The summed E-state index contributed by atoms with van der Waals surface area (Å²) in [4.78, 5) is 0. The Kier molecular flexibility index (Phi) is 11.1. The van der Waals surface area contributed by atoms with Crippen molar-refractivity contribution in [3.63, 3.8) is 0 Å². The minimum atomic E-state index is -1.27. The molecule has 7 heteroatoms. The van der Waals surface area contributed by atoms with E-state index in [1.807, 2.05) is 6.92 Å². The highest BCUT2D eigenvalue weighted by molar-refractivity contribution is 4.95. The molecule has 0 radical (unpaired) electrons. The third kappa shape index (κ3) is 7.84. The van der Waals surface area contributed by atoms with Gasteiger partial charge >= 0.3 is 0 Å². The molecule has 0 aromatic heterocycles. The molecule has 0 aromatic carbocycles. The van der Waals surface area contributed by atoms with Gasteiger partial charge < -0.3 is 27.0 Å². The maximum atomic E-state index is 14.5. The zero-order valence-corrected chi connectivity index (χ0v) is 19.3. The van der Waals surface area contributed by atoms with Gasteiger partial charge in [-0.3, -0.25) is 5.32 Å². The van der Waals surface area contributed by atoms with Crippen molar-refractivity contribution < 1.29 is 14.6 Å². The summed E-state index contributed by atoms with van der Waals surface area (Å²) < 4.78 is 14.5. The van der Waals surface area contributed by atoms with E-state index < -0.39 is 29.3 Å². The molecule has 0 aliphatic carbocycles. The second-order valence-electron chi connectivity index (χ2n) is 9.88. The van der Waals surface area contributed by atoms with Gasteiger partial charge in [-0.2, -0.15) is 0 Å². The number of aliphatic hydroxyl groups excluding tert-OH is 1. The zero-order valence-electron chi connectivity index (χ0n) is 19.3. The standard InChI is InChI=1S/C21H47FN4O2/c1-9-19(5,6)26-21(8,28)18(14(2)3)25-11-10-20(7,13-27)17(15(4)24)16(22)12-23/h14-18,25-28H,9-13,23-24H2,1-8H3/t15-,16+,17-,18?,20?,21+/m0/s1. The maximum Gasteiger partial charge on any atom is 0.129 e. The van der Waals surface area contributed by atoms with Gasteiger partial charge in [-0.1, -0.05) is 27.7 Å². The van der Waals surface area contributed by atoms with Gasteiger partial charge in [0, 0.05) is 30.7 Å². The number of halogens is 1. The van der Waals surface area contributed by atoms with Crippen LogP contribution in [0.4, 0.5) is 4.39 Å². The first kappa shape index (κ1) is 27.7. The first-order valence-corrected chi connectivity index (χ1v) is 10.6. The number of hydrogen-bond donors (Lipinski definition) is 6. The van der Waals surface area contributed by atoms with Crippen LogP contribution in [-0.2, 0) is 0 Å². The molecule has 6 nitrogen and oxygen atoms in total. The number of nitrogens with two attached hydrogens (primary N) is 2. The minimum absolute atomic E-state index is 0.116. The van der Waals surface area contributed by atoms with Crippen molar-refractivity contribution in [1.82, 2.24) is 10.6 Å². The summed E-state index contributed by atoms with van der Waals surface area (Å²) in [6.07, 6.45) is 0.129. The molecular weight excluding hydrogens is 359 g/mol. The van der Waals surface area contributed by atoms with Crippen molar-refractivity contribution in [2.24, 2.45) is 28.7 Å². The smallest absolute Gasteiger partial charge is 0.129 e. The van der Waals surface area contributed by atoms with E-state index in [-0.39, 0.29) is 30.7 Å². The predicted octanol–water partition coefficient (Wildman–Crippen LogP) is 1.74. The summed E-state index contributed by atoms with van der Waals surface area (Å²) in [5.41, 5.74) is 9.54. The van der Waals surface area contributed by atoms with Gasteiger partial charge in [-0.25, -0.2) is 4.39 Å². The second kappa shape index (κ2) is 11.2. The fraction of sp³-hybridized carbons (Fsp3) is 1.00. The van der Waals surface area contributed by atoms with Crippen LogP contribution in [0.3, 0.4) is 0 Å². The van der Waals surface area contributed by atoms with Gasteiger partial charge in [0.15, 0.2) is 0 Å². The molecule has 0 saturated heterocycles. The molecule has 0 heterocycles. The Morgan fingerprint density at radius 3 is 2.00 bits per heavy atom. The lowest BCUT2D eigenvalue weighted by Crippen LogP contribution is -2.65. The van der Waals surface area contributed by atoms with E-state index in [1.54, 1.807) is 13.8 Å². The molecule has 0 saturated carbocycles. The Labute approximate surface area is 172 Å². The summed E-state index contributed by atoms with van der Waals surface area (Å²) in [7, 11) is 0. The van der Waals surface area contributed by atoms with E-state index in [0.717, 1.165) is 6.42 Å². The number of alkyl halides is 1. The number of nitrogens with one attached hydrogen (secondary N) is 2. The molecule has 28 heavy (non-hydrogen) atoms. The van der Waals surface area contributed by atoms with Crippen LogP contribution in [0.15, 0.2) is 0 Å². The van der Waals surface area contributed by atoms with Gasteiger partial charge in [-0.15, -0.1) is 0 Å². The lowest BCUT2D eigenvalue weighted by molar-refractivity contribution is -0.0518. The van der Waals surface area contributed by atoms with Gasteiger partial charge in [-0.05, 0) is 58.4 Å². The monoisotopic (exact) mass is 406 g/mol. The Morgan fingerprint density at radius 2 is 1.64 bits per heavy atom. The van der Waals surface area contributed by atoms with Crippen LogP contribution in [0.2, 0.25) is 0 Å². The van der Waals surface area contributed by atoms with E-state index in [9.17, 15) is 14.6 Å². The molecule has 170 valence electrons. The van der Waals surface area contributed by atoms with Gasteiger partial charge in [0.2, 0.25) is 0 Å². The average molecular weight is 407 g/mol. The number of hydrogen-bond acceptors (Lipinski definition) is 6. The van der Waals surface area contributed by atoms with Crippen molar-refractivity contribution in [2.75, 3.05) is 19.7 Å². The summed E-state index contributed by atoms with van der Waals surface area (Å²) in [6, 6.07) is -0.641. The van der Waals surface area contributed by atoms with Crippen LogP contribution >= 0.6 is 0 Å². The Hall–Kier alpha value is -0.310. The number of rotatable bonds is 14. The molecule has 0 rings (SSSR count). The van der Waals surface area contributed by atoms with E-state index >= 15 is 0 Å². The van der Waals surface area contributed by atoms with E-state index in [0.29, 0.717) is 13.0 Å². The molecule has 0 bridgehead atoms. The minimum Gasteiger partial charge on any atom is -0.396 e. The summed E-state index contributed by atoms with van der Waals surface area (Å²) in [5, 5.41) is 27.9. The second-order valence-corrected chi connectivity index (χ2v) is 9.88. The third-order valence-electron chi connectivity index (χ3n) is 6.16. The molecule has 0 aliphatic rings. The quantitative estimate of drug-likeness (QED) is 0.245. The lowest BCUT2D eigenvalue weighted by Gasteiger charge is -2.44. The lowest BCUT2D eigenvalue weighted by atomic mass is 9.69. The fourth-order valence-electron chi connectivity index (χ4n) is 4.35. The van der Waals surface area contributed by atoms with Crippen molar-refractivity contribution >= 4 is 0 Å². The molecule has 0 aliphatic heterocycles. The maximum absolute atomic E-state index is 14.5. The van der Waals surface area contributed by atoms with E-state index in [2.05, 4.69) is 45.3 Å². The average Bonchev–Trinajstić information content (AvgIpc) is 2.56. The van der Waals surface area contributed by atoms with Crippen LogP contribution in [0.25, 0.3) is 0 Å². The highest BCUT2D eigenvalue weighted by Gasteiger charge is 2.42. The largest absolute Gasteiger partial charge is 0.396 e. The number of aliphatic hydroxyl groups is 2. The third-order valence-corrected chi connectivity index (χ3v) is 6.16. The normalized spacial score (nSPS) is 21.6. The Bertz CT molecular complexity index is 446. The van der Waals surface area contributed by atoms with Crippen LogP contribution in [-0.4, -0.2) is 59.4 Å². The van der Waals surface area contributed by atoms with Gasteiger partial charge in [0.1, 0.15) is 11.9 Å². The SMILES string of the molecule is CCC(C)(C)N[C@](C)(O)C(NCCC(C)(CO)[C@@H]([C@H](C)N)[C@H](F)CN)C(C)C. The topological polar surface area (TPSA) is 117 Å². The fourth-order valence-corrected chi connectivity index (χ4v) is 4.35. The van der Waals surface area contributed by atoms with Crippen LogP contribution in [0, 0.1) is 17.3 Å². The summed E-state index contributed by atoms with van der Waals surface area (Å²) in [5.74, 6) is -0.378. The highest BCUT2D eigenvalue weighted by atomic mass is 19.1. The molecular formula is C21H47FN4O2. The zero-order chi connectivity index (χ0) is 22.3. The molecule has 6 atom stereocenters. The molecule has 0 amide bonds. The molecule has 0 fully saturated rings. The van der Waals surface area contributed by atoms with E-state index in [4.69, 9.17) is 11.5 Å². The van der Waals surface area contributed by atoms with E-state index in [1.165, 1.54) is 0 Å². The Morgan fingerprint density at radius 1 is 1.11 bits per heavy atom. The van der Waals surface area contributed by atoms with Crippen LogP contribution in [0.5, 0.6) is 0 Å². The summed E-state index contributed by atoms with van der Waals surface area (Å²) in [6.45, 7) is 15.9. The summed E-state index contributed by atoms with van der Waals surface area (Å²) >= 11 is 0. The predicted molar refractivity (Wildman–Crippen MR) is 116 cm³/mol. The van der Waals surface area contributed by atoms with Gasteiger partial charge in [0.05, 0.1) is 6.04 Å². The Balaban J connectivity index is 5.27.